The maximum atomic E-state index is 6.07. The van der Waals surface area contributed by atoms with Crippen LogP contribution in [0.4, 0.5) is 0 Å². The summed E-state index contributed by atoms with van der Waals surface area (Å²) in [5.41, 5.74) is 3.03. The van der Waals surface area contributed by atoms with E-state index in [-0.39, 0.29) is 12.1 Å². The van der Waals surface area contributed by atoms with E-state index in [4.69, 9.17) is 15.3 Å². The maximum Gasteiger partial charge on any atom is 0.0769 e. The molecule has 0 aromatic heterocycles. The van der Waals surface area contributed by atoms with Crippen molar-refractivity contribution in [3.63, 3.8) is 0 Å². The Hall–Kier alpha value is -0.160. The van der Waals surface area contributed by atoms with Crippen LogP contribution in [0.1, 0.15) is 64.7 Å². The first-order valence-corrected chi connectivity index (χ1v) is 8.54. The number of nitrogens with two attached hydrogens (primary N) is 1. The summed E-state index contributed by atoms with van der Waals surface area (Å²) in [7, 11) is 0. The Kier molecular flexibility index (Phi) is 7.28. The van der Waals surface area contributed by atoms with Gasteiger partial charge >= 0.3 is 0 Å². The van der Waals surface area contributed by atoms with E-state index >= 15 is 0 Å². The van der Waals surface area contributed by atoms with Gasteiger partial charge in [-0.25, -0.2) is 0 Å². The molecule has 0 radical (unpaired) electrons. The van der Waals surface area contributed by atoms with Crippen LogP contribution in [0.15, 0.2) is 0 Å². The van der Waals surface area contributed by atoms with Crippen LogP contribution in [0.25, 0.3) is 0 Å². The van der Waals surface area contributed by atoms with Crippen LogP contribution in [0.5, 0.6) is 0 Å². The van der Waals surface area contributed by atoms with Gasteiger partial charge in [0.25, 0.3) is 0 Å². The molecule has 0 bridgehead atoms. The molecule has 0 spiro atoms. The molecule has 0 aromatic rings. The smallest absolute Gasteiger partial charge is 0.0769 e. The highest BCUT2D eigenvalue weighted by atomic mass is 16.5. The number of nitrogens with one attached hydrogen (secondary N) is 1. The van der Waals surface area contributed by atoms with Crippen LogP contribution in [0.3, 0.4) is 0 Å². The van der Waals surface area contributed by atoms with E-state index in [0.717, 1.165) is 26.1 Å². The maximum absolute atomic E-state index is 6.07. The first-order valence-electron chi connectivity index (χ1n) is 8.54. The lowest BCUT2D eigenvalue weighted by Crippen LogP contribution is -2.49. The van der Waals surface area contributed by atoms with Crippen molar-refractivity contribution < 1.29 is 9.47 Å². The summed E-state index contributed by atoms with van der Waals surface area (Å²) in [4.78, 5) is 0. The van der Waals surface area contributed by atoms with E-state index in [1.165, 1.54) is 44.9 Å². The second-order valence-electron chi connectivity index (χ2n) is 6.30. The zero-order chi connectivity index (χ0) is 14.2. The van der Waals surface area contributed by atoms with Crippen molar-refractivity contribution in [1.82, 2.24) is 5.43 Å². The molecule has 2 rings (SSSR count). The van der Waals surface area contributed by atoms with Gasteiger partial charge in [-0.2, -0.15) is 0 Å². The third kappa shape index (κ3) is 4.69. The number of ether oxygens (including phenoxy) is 2. The van der Waals surface area contributed by atoms with Crippen molar-refractivity contribution in [3.05, 3.63) is 0 Å². The first-order chi connectivity index (χ1) is 9.85. The Labute approximate surface area is 123 Å². The second kappa shape index (κ2) is 8.98. The third-order valence-electron chi connectivity index (χ3n) is 4.91. The largest absolute Gasteiger partial charge is 0.378 e. The van der Waals surface area contributed by atoms with E-state index in [1.807, 2.05) is 0 Å². The molecule has 3 N–H and O–H groups in total. The molecule has 3 unspecified atom stereocenters. The lowest BCUT2D eigenvalue weighted by Gasteiger charge is -2.35. The summed E-state index contributed by atoms with van der Waals surface area (Å²) in [6.45, 7) is 3.80. The summed E-state index contributed by atoms with van der Waals surface area (Å²) >= 11 is 0. The summed E-state index contributed by atoms with van der Waals surface area (Å²) in [5, 5.41) is 0. The van der Waals surface area contributed by atoms with Crippen molar-refractivity contribution in [2.45, 2.75) is 83.0 Å². The molecule has 1 saturated carbocycles. The van der Waals surface area contributed by atoms with Gasteiger partial charge in [-0.05, 0) is 51.4 Å². The fourth-order valence-corrected chi connectivity index (χ4v) is 3.82. The highest BCUT2D eigenvalue weighted by Crippen LogP contribution is 2.31. The van der Waals surface area contributed by atoms with Gasteiger partial charge in [0, 0.05) is 19.3 Å². The fraction of sp³-hybridized carbons (Fsp3) is 1.00. The van der Waals surface area contributed by atoms with Crippen LogP contribution in [-0.4, -0.2) is 31.5 Å². The van der Waals surface area contributed by atoms with Crippen LogP contribution in [0.2, 0.25) is 0 Å². The van der Waals surface area contributed by atoms with Crippen molar-refractivity contribution in [2.75, 3.05) is 13.2 Å². The van der Waals surface area contributed by atoms with Crippen LogP contribution >= 0.6 is 0 Å². The molecule has 20 heavy (non-hydrogen) atoms. The third-order valence-corrected chi connectivity index (χ3v) is 4.91. The zero-order valence-electron chi connectivity index (χ0n) is 13.0. The molecule has 1 aliphatic carbocycles. The molecule has 1 saturated heterocycles. The van der Waals surface area contributed by atoms with E-state index in [0.29, 0.717) is 12.0 Å². The molecule has 4 heteroatoms. The van der Waals surface area contributed by atoms with Crippen molar-refractivity contribution >= 4 is 0 Å². The SMILES string of the molecule is CCOC(C1CCCCC1)C(CCC1CCCO1)NN. The predicted octanol–water partition coefficient (Wildman–Crippen LogP) is 2.76. The molecule has 2 fully saturated rings. The van der Waals surface area contributed by atoms with Gasteiger partial charge in [0.05, 0.1) is 12.2 Å². The van der Waals surface area contributed by atoms with Gasteiger partial charge in [0.1, 0.15) is 0 Å². The first kappa shape index (κ1) is 16.2. The topological polar surface area (TPSA) is 56.5 Å². The molecule has 118 valence electrons. The van der Waals surface area contributed by atoms with E-state index < -0.39 is 0 Å². The Balaban J connectivity index is 1.85. The van der Waals surface area contributed by atoms with Crippen molar-refractivity contribution in [2.24, 2.45) is 11.8 Å². The molecule has 1 aliphatic heterocycles. The molecule has 3 atom stereocenters. The van der Waals surface area contributed by atoms with Crippen molar-refractivity contribution in [3.8, 4) is 0 Å². The average molecular weight is 284 g/mol. The van der Waals surface area contributed by atoms with Gasteiger partial charge in [-0.1, -0.05) is 19.3 Å². The molecular formula is C16H32N2O2. The van der Waals surface area contributed by atoms with E-state index in [2.05, 4.69) is 12.3 Å². The summed E-state index contributed by atoms with van der Waals surface area (Å²) in [6.07, 6.45) is 12.0. The molecule has 2 aliphatic rings. The van der Waals surface area contributed by atoms with Crippen LogP contribution < -0.4 is 11.3 Å². The van der Waals surface area contributed by atoms with E-state index in [1.54, 1.807) is 0 Å². The van der Waals surface area contributed by atoms with Gasteiger partial charge < -0.3 is 9.47 Å². The van der Waals surface area contributed by atoms with Gasteiger partial charge in [-0.3, -0.25) is 11.3 Å². The average Bonchev–Trinajstić information content (AvgIpc) is 3.01. The molecule has 0 amide bonds. The normalized spacial score (nSPS) is 27.6. The fourth-order valence-electron chi connectivity index (χ4n) is 3.82. The number of hydrogen-bond acceptors (Lipinski definition) is 4. The summed E-state index contributed by atoms with van der Waals surface area (Å²) < 4.78 is 11.8. The minimum atomic E-state index is 0.266. The zero-order valence-corrected chi connectivity index (χ0v) is 13.0. The Morgan fingerprint density at radius 1 is 1.20 bits per heavy atom. The van der Waals surface area contributed by atoms with Crippen LogP contribution in [-0.2, 0) is 9.47 Å². The number of hydrazine groups is 1. The minimum absolute atomic E-state index is 0.266. The lowest BCUT2D eigenvalue weighted by atomic mass is 9.81. The Bertz CT molecular complexity index is 251. The quantitative estimate of drug-likeness (QED) is 0.531. The van der Waals surface area contributed by atoms with Gasteiger partial charge in [-0.15, -0.1) is 0 Å². The van der Waals surface area contributed by atoms with Crippen molar-refractivity contribution in [1.29, 1.82) is 0 Å². The van der Waals surface area contributed by atoms with E-state index in [9.17, 15) is 0 Å². The number of hydrogen-bond donors (Lipinski definition) is 2. The highest BCUT2D eigenvalue weighted by molar-refractivity contribution is 4.85. The molecule has 0 aromatic carbocycles. The Morgan fingerprint density at radius 3 is 2.60 bits per heavy atom. The standard InChI is InChI=1S/C16H32N2O2/c1-2-19-16(13-7-4-3-5-8-13)15(18-17)11-10-14-9-6-12-20-14/h13-16,18H,2-12,17H2,1H3. The Morgan fingerprint density at radius 2 is 2.00 bits per heavy atom. The molecule has 4 nitrogen and oxygen atoms in total. The van der Waals surface area contributed by atoms with Gasteiger partial charge in [0.15, 0.2) is 0 Å². The number of rotatable bonds is 8. The summed E-state index contributed by atoms with van der Waals surface area (Å²) in [6, 6.07) is 0.266. The minimum Gasteiger partial charge on any atom is -0.378 e. The lowest BCUT2D eigenvalue weighted by molar-refractivity contribution is -0.0227. The highest BCUT2D eigenvalue weighted by Gasteiger charge is 2.31. The van der Waals surface area contributed by atoms with Gasteiger partial charge in [0.2, 0.25) is 0 Å². The second-order valence-corrected chi connectivity index (χ2v) is 6.30. The summed E-state index contributed by atoms with van der Waals surface area (Å²) in [5.74, 6) is 6.50. The molecular weight excluding hydrogens is 252 g/mol. The molecule has 1 heterocycles. The monoisotopic (exact) mass is 284 g/mol. The predicted molar refractivity (Wildman–Crippen MR) is 81.3 cm³/mol. The van der Waals surface area contributed by atoms with Crippen LogP contribution in [0, 0.1) is 5.92 Å².